The Labute approximate surface area is 119 Å². The molecule has 0 aliphatic heterocycles. The molecule has 1 aliphatic rings. The van der Waals surface area contributed by atoms with Crippen LogP contribution in [0.3, 0.4) is 0 Å². The number of nitrogens with two attached hydrogens (primary N) is 1. The predicted molar refractivity (Wildman–Crippen MR) is 76.6 cm³/mol. The van der Waals surface area contributed by atoms with Gasteiger partial charge in [-0.1, -0.05) is 11.8 Å². The minimum atomic E-state index is -0.473. The van der Waals surface area contributed by atoms with Crippen molar-refractivity contribution in [1.82, 2.24) is 4.90 Å². The summed E-state index contributed by atoms with van der Waals surface area (Å²) in [6, 6.07) is 4.43. The number of carbonyl (C=O) groups is 1. The lowest BCUT2D eigenvalue weighted by Gasteiger charge is -2.20. The third-order valence-electron chi connectivity index (χ3n) is 3.39. The minimum absolute atomic E-state index is 0.114. The van der Waals surface area contributed by atoms with Crippen molar-refractivity contribution in [2.45, 2.75) is 19.8 Å². The molecular weight excluding hydrogens is 255 g/mol. The molecule has 0 atom stereocenters. The van der Waals surface area contributed by atoms with Crippen LogP contribution < -0.4 is 5.73 Å². The zero-order valence-electron chi connectivity index (χ0n) is 11.7. The second kappa shape index (κ2) is 6.53. The molecule has 1 amide bonds. The van der Waals surface area contributed by atoms with Crippen molar-refractivity contribution in [3.63, 3.8) is 0 Å². The first-order chi connectivity index (χ1) is 9.65. The van der Waals surface area contributed by atoms with Crippen molar-refractivity contribution in [2.24, 2.45) is 11.7 Å². The molecule has 0 radical (unpaired) electrons. The maximum atomic E-state index is 13.9. The van der Waals surface area contributed by atoms with Gasteiger partial charge >= 0.3 is 0 Å². The van der Waals surface area contributed by atoms with E-state index >= 15 is 0 Å². The number of carbonyl (C=O) groups excluding carboxylic acids is 1. The fraction of sp³-hybridized carbons (Fsp3) is 0.438. The number of rotatable bonds is 4. The molecule has 3 nitrogen and oxygen atoms in total. The van der Waals surface area contributed by atoms with Gasteiger partial charge in [0.05, 0.1) is 12.1 Å². The highest BCUT2D eigenvalue weighted by atomic mass is 19.1. The summed E-state index contributed by atoms with van der Waals surface area (Å²) in [7, 11) is 0. The Balaban J connectivity index is 2.14. The Kier molecular flexibility index (Phi) is 4.75. The lowest BCUT2D eigenvalue weighted by atomic mass is 10.1. The predicted octanol–water partition coefficient (Wildman–Crippen LogP) is 2.01. The van der Waals surface area contributed by atoms with Crippen molar-refractivity contribution < 1.29 is 9.18 Å². The molecule has 4 heteroatoms. The number of benzene rings is 1. The first kappa shape index (κ1) is 14.5. The molecule has 1 aliphatic carbocycles. The highest BCUT2D eigenvalue weighted by Gasteiger charge is 2.26. The molecule has 20 heavy (non-hydrogen) atoms. The van der Waals surface area contributed by atoms with Gasteiger partial charge in [-0.15, -0.1) is 0 Å². The summed E-state index contributed by atoms with van der Waals surface area (Å²) < 4.78 is 13.9. The summed E-state index contributed by atoms with van der Waals surface area (Å²) in [5.74, 6) is 5.29. The first-order valence-electron chi connectivity index (χ1n) is 6.93. The molecule has 0 bridgehead atoms. The van der Waals surface area contributed by atoms with Crippen molar-refractivity contribution in [3.05, 3.63) is 35.1 Å². The smallest absolute Gasteiger partial charge is 0.253 e. The van der Waals surface area contributed by atoms with E-state index in [-0.39, 0.29) is 18.0 Å². The molecular formula is C16H19FN2O. The second-order valence-electron chi connectivity index (χ2n) is 4.99. The highest BCUT2D eigenvalue weighted by molar-refractivity contribution is 5.94. The van der Waals surface area contributed by atoms with Gasteiger partial charge in [-0.2, -0.15) is 0 Å². The molecule has 2 N–H and O–H groups in total. The lowest BCUT2D eigenvalue weighted by molar-refractivity contribution is 0.0756. The van der Waals surface area contributed by atoms with Gasteiger partial charge < -0.3 is 10.6 Å². The van der Waals surface area contributed by atoms with Crippen LogP contribution in [-0.4, -0.2) is 30.4 Å². The Morgan fingerprint density at radius 1 is 1.50 bits per heavy atom. The molecule has 1 aromatic rings. The van der Waals surface area contributed by atoms with Gasteiger partial charge in [-0.3, -0.25) is 4.79 Å². The van der Waals surface area contributed by atoms with Crippen LogP contribution in [0, 0.1) is 23.6 Å². The average Bonchev–Trinajstić information content (AvgIpc) is 3.26. The van der Waals surface area contributed by atoms with Gasteiger partial charge in [0.2, 0.25) is 0 Å². The summed E-state index contributed by atoms with van der Waals surface area (Å²) in [6.07, 6.45) is 2.37. The van der Waals surface area contributed by atoms with E-state index in [0.29, 0.717) is 18.0 Å². The van der Waals surface area contributed by atoms with E-state index in [2.05, 4.69) is 11.8 Å². The molecule has 1 aromatic carbocycles. The van der Waals surface area contributed by atoms with Crippen LogP contribution in [0.15, 0.2) is 18.2 Å². The quantitative estimate of drug-likeness (QED) is 0.854. The molecule has 1 saturated carbocycles. The molecule has 0 aromatic heterocycles. The van der Waals surface area contributed by atoms with Crippen molar-refractivity contribution >= 4 is 5.91 Å². The topological polar surface area (TPSA) is 46.3 Å². The fourth-order valence-electron chi connectivity index (χ4n) is 2.05. The van der Waals surface area contributed by atoms with Crippen LogP contribution in [0.25, 0.3) is 0 Å². The molecule has 0 heterocycles. The standard InChI is InChI=1S/C16H19FN2O/c1-2-19(11-12-5-6-12)16(20)14-8-7-13(4-3-9-18)15(17)10-14/h7-8,10,12H,2,5-6,9,11,18H2,1H3. The summed E-state index contributed by atoms with van der Waals surface area (Å²) in [5, 5.41) is 0. The van der Waals surface area contributed by atoms with Crippen LogP contribution in [0.4, 0.5) is 4.39 Å². The molecule has 106 valence electrons. The van der Waals surface area contributed by atoms with Crippen LogP contribution in [0.2, 0.25) is 0 Å². The number of nitrogens with zero attached hydrogens (tertiary/aromatic N) is 1. The second-order valence-corrected chi connectivity index (χ2v) is 4.99. The van der Waals surface area contributed by atoms with Crippen molar-refractivity contribution in [2.75, 3.05) is 19.6 Å². The molecule has 0 unspecified atom stereocenters. The van der Waals surface area contributed by atoms with E-state index in [0.717, 1.165) is 6.54 Å². The van der Waals surface area contributed by atoms with E-state index in [1.54, 1.807) is 11.0 Å². The van der Waals surface area contributed by atoms with Gasteiger partial charge in [0.15, 0.2) is 0 Å². The summed E-state index contributed by atoms with van der Waals surface area (Å²) in [5.41, 5.74) is 5.91. The number of amides is 1. The molecule has 1 fully saturated rings. The highest BCUT2D eigenvalue weighted by Crippen LogP contribution is 2.30. The van der Waals surface area contributed by atoms with Gasteiger partial charge in [0, 0.05) is 18.7 Å². The third-order valence-corrected chi connectivity index (χ3v) is 3.39. The van der Waals surface area contributed by atoms with Gasteiger partial charge in [-0.25, -0.2) is 4.39 Å². The van der Waals surface area contributed by atoms with E-state index in [9.17, 15) is 9.18 Å². The lowest BCUT2D eigenvalue weighted by Crippen LogP contribution is -2.32. The van der Waals surface area contributed by atoms with E-state index in [1.807, 2.05) is 6.92 Å². The summed E-state index contributed by atoms with van der Waals surface area (Å²) in [4.78, 5) is 14.1. The van der Waals surface area contributed by atoms with Crippen LogP contribution in [-0.2, 0) is 0 Å². The molecule has 0 saturated heterocycles. The van der Waals surface area contributed by atoms with Crippen molar-refractivity contribution in [3.8, 4) is 11.8 Å². The first-order valence-corrected chi connectivity index (χ1v) is 6.93. The van der Waals surface area contributed by atoms with Crippen LogP contribution >= 0.6 is 0 Å². The molecule has 0 spiro atoms. The monoisotopic (exact) mass is 274 g/mol. The Morgan fingerprint density at radius 3 is 2.80 bits per heavy atom. The largest absolute Gasteiger partial charge is 0.339 e. The Morgan fingerprint density at radius 2 is 2.25 bits per heavy atom. The van der Waals surface area contributed by atoms with E-state index < -0.39 is 5.82 Å². The zero-order chi connectivity index (χ0) is 14.5. The Hall–Kier alpha value is -1.86. The number of hydrogen-bond donors (Lipinski definition) is 1. The summed E-state index contributed by atoms with van der Waals surface area (Å²) >= 11 is 0. The SMILES string of the molecule is CCN(CC1CC1)C(=O)c1ccc(C#CCN)c(F)c1. The maximum Gasteiger partial charge on any atom is 0.253 e. The Bertz CT molecular complexity index is 555. The number of hydrogen-bond acceptors (Lipinski definition) is 2. The van der Waals surface area contributed by atoms with E-state index in [4.69, 9.17) is 5.73 Å². The van der Waals surface area contributed by atoms with Crippen molar-refractivity contribution in [1.29, 1.82) is 0 Å². The number of halogens is 1. The van der Waals surface area contributed by atoms with Gasteiger partial charge in [0.1, 0.15) is 5.82 Å². The normalized spacial score (nSPS) is 13.6. The molecule has 2 rings (SSSR count). The summed E-state index contributed by atoms with van der Waals surface area (Å²) in [6.45, 7) is 3.54. The third kappa shape index (κ3) is 3.58. The minimum Gasteiger partial charge on any atom is -0.339 e. The van der Waals surface area contributed by atoms with Gasteiger partial charge in [0.25, 0.3) is 5.91 Å². The average molecular weight is 274 g/mol. The van der Waals surface area contributed by atoms with Gasteiger partial charge in [-0.05, 0) is 43.9 Å². The van der Waals surface area contributed by atoms with Crippen LogP contribution in [0.1, 0.15) is 35.7 Å². The fourth-order valence-corrected chi connectivity index (χ4v) is 2.05. The van der Waals surface area contributed by atoms with Crippen LogP contribution in [0.5, 0.6) is 0 Å². The zero-order valence-corrected chi connectivity index (χ0v) is 11.7. The van der Waals surface area contributed by atoms with E-state index in [1.165, 1.54) is 25.0 Å². The maximum absolute atomic E-state index is 13.9.